The van der Waals surface area contributed by atoms with E-state index in [0.717, 1.165) is 31.5 Å². The summed E-state index contributed by atoms with van der Waals surface area (Å²) in [7, 11) is 0. The molecule has 2 unspecified atom stereocenters. The van der Waals surface area contributed by atoms with Gasteiger partial charge in [0.1, 0.15) is 0 Å². The van der Waals surface area contributed by atoms with E-state index in [-0.39, 0.29) is 11.8 Å². The van der Waals surface area contributed by atoms with Crippen LogP contribution in [0.15, 0.2) is 24.3 Å². The van der Waals surface area contributed by atoms with Crippen LogP contribution in [0.4, 0.5) is 5.69 Å². The lowest BCUT2D eigenvalue weighted by atomic mass is 9.78. The molecular weight excluding hydrogens is 248 g/mol. The summed E-state index contributed by atoms with van der Waals surface area (Å²) in [4.78, 5) is 14.8. The normalized spacial score (nSPS) is 22.6. The molecule has 1 saturated carbocycles. The minimum atomic E-state index is 0.106. The lowest BCUT2D eigenvalue weighted by molar-refractivity contribution is -0.124. The van der Waals surface area contributed by atoms with Gasteiger partial charge in [-0.3, -0.25) is 4.79 Å². The molecule has 3 heteroatoms. The molecular formula is C17H26N2O. The van der Waals surface area contributed by atoms with Crippen molar-refractivity contribution in [1.29, 1.82) is 0 Å². The van der Waals surface area contributed by atoms with Gasteiger partial charge in [0, 0.05) is 18.2 Å². The number of nitrogens with zero attached hydrogens (tertiary/aromatic N) is 1. The molecule has 1 aliphatic carbocycles. The molecule has 20 heavy (non-hydrogen) atoms. The maximum atomic E-state index is 12.9. The predicted molar refractivity (Wildman–Crippen MR) is 83.7 cm³/mol. The van der Waals surface area contributed by atoms with Crippen molar-refractivity contribution < 1.29 is 4.79 Å². The van der Waals surface area contributed by atoms with Crippen LogP contribution in [-0.4, -0.2) is 19.0 Å². The Labute approximate surface area is 122 Å². The van der Waals surface area contributed by atoms with Gasteiger partial charge < -0.3 is 10.6 Å². The molecule has 0 radical (unpaired) electrons. The summed E-state index contributed by atoms with van der Waals surface area (Å²) in [6.07, 6.45) is 4.45. The molecule has 0 aliphatic heterocycles. The van der Waals surface area contributed by atoms with E-state index in [4.69, 9.17) is 5.73 Å². The van der Waals surface area contributed by atoms with Gasteiger partial charge in [-0.2, -0.15) is 0 Å². The number of rotatable bonds is 4. The topological polar surface area (TPSA) is 46.3 Å². The molecule has 3 nitrogen and oxygen atoms in total. The molecule has 0 saturated heterocycles. The molecule has 1 fully saturated rings. The van der Waals surface area contributed by atoms with Gasteiger partial charge in [0.15, 0.2) is 0 Å². The zero-order chi connectivity index (χ0) is 14.5. The predicted octanol–water partition coefficient (Wildman–Crippen LogP) is 3.11. The van der Waals surface area contributed by atoms with Crippen molar-refractivity contribution in [3.8, 4) is 0 Å². The van der Waals surface area contributed by atoms with E-state index >= 15 is 0 Å². The first-order valence-electron chi connectivity index (χ1n) is 7.75. The lowest BCUT2D eigenvalue weighted by Crippen LogP contribution is -2.42. The molecule has 0 aromatic heterocycles. The summed E-state index contributed by atoms with van der Waals surface area (Å²) in [6.45, 7) is 5.45. The van der Waals surface area contributed by atoms with Gasteiger partial charge in [-0.15, -0.1) is 0 Å². The summed E-state index contributed by atoms with van der Waals surface area (Å²) in [5.41, 5.74) is 8.07. The maximum Gasteiger partial charge on any atom is 0.230 e. The number of amides is 1. The zero-order valence-corrected chi connectivity index (χ0v) is 12.6. The summed E-state index contributed by atoms with van der Waals surface area (Å²) in [5.74, 6) is 0.720. The van der Waals surface area contributed by atoms with Crippen molar-refractivity contribution >= 4 is 11.6 Å². The molecule has 1 aromatic carbocycles. The van der Waals surface area contributed by atoms with Gasteiger partial charge in [0.25, 0.3) is 0 Å². The Kier molecular flexibility index (Phi) is 5.18. The van der Waals surface area contributed by atoms with Crippen LogP contribution in [0.1, 0.15) is 38.2 Å². The molecule has 0 bridgehead atoms. The highest BCUT2D eigenvalue weighted by atomic mass is 16.2. The van der Waals surface area contributed by atoms with Gasteiger partial charge in [0.05, 0.1) is 0 Å². The first kappa shape index (κ1) is 15.0. The summed E-state index contributed by atoms with van der Waals surface area (Å²) >= 11 is 0. The Morgan fingerprint density at radius 2 is 2.10 bits per heavy atom. The highest BCUT2D eigenvalue weighted by Crippen LogP contribution is 2.32. The number of carbonyl (C=O) groups is 1. The number of aryl methyl sites for hydroxylation is 1. The van der Waals surface area contributed by atoms with Crippen LogP contribution in [-0.2, 0) is 4.79 Å². The number of nitrogens with two attached hydrogens (primary N) is 1. The van der Waals surface area contributed by atoms with Crippen LogP contribution >= 0.6 is 0 Å². The number of anilines is 1. The average Bonchev–Trinajstić information content (AvgIpc) is 2.48. The fraction of sp³-hybridized carbons (Fsp3) is 0.588. The van der Waals surface area contributed by atoms with Crippen LogP contribution in [0.3, 0.4) is 0 Å². The third-order valence-electron chi connectivity index (χ3n) is 4.42. The first-order chi connectivity index (χ1) is 9.67. The van der Waals surface area contributed by atoms with Crippen molar-refractivity contribution in [2.45, 2.75) is 39.5 Å². The number of hydrogen-bond donors (Lipinski definition) is 1. The minimum Gasteiger partial charge on any atom is -0.330 e. The number of carbonyl (C=O) groups excluding carboxylic acids is 1. The first-order valence-corrected chi connectivity index (χ1v) is 7.75. The van der Waals surface area contributed by atoms with E-state index in [1.54, 1.807) is 0 Å². The van der Waals surface area contributed by atoms with Crippen molar-refractivity contribution in [3.05, 3.63) is 29.8 Å². The molecule has 1 aromatic rings. The molecule has 110 valence electrons. The Hall–Kier alpha value is -1.35. The highest BCUT2D eigenvalue weighted by Gasteiger charge is 2.32. The van der Waals surface area contributed by atoms with E-state index in [1.165, 1.54) is 12.0 Å². The molecule has 2 N–H and O–H groups in total. The Bertz CT molecular complexity index is 458. The Morgan fingerprint density at radius 3 is 2.75 bits per heavy atom. The van der Waals surface area contributed by atoms with Gasteiger partial charge in [-0.1, -0.05) is 25.0 Å². The average molecular weight is 274 g/mol. The summed E-state index contributed by atoms with van der Waals surface area (Å²) in [5, 5.41) is 0. The second kappa shape index (κ2) is 6.89. The van der Waals surface area contributed by atoms with E-state index in [9.17, 15) is 4.79 Å². The van der Waals surface area contributed by atoms with Crippen LogP contribution < -0.4 is 10.6 Å². The van der Waals surface area contributed by atoms with Crippen LogP contribution in [0.25, 0.3) is 0 Å². The van der Waals surface area contributed by atoms with Crippen molar-refractivity contribution in [2.75, 3.05) is 18.0 Å². The van der Waals surface area contributed by atoms with E-state index in [0.29, 0.717) is 12.5 Å². The fourth-order valence-electron chi connectivity index (χ4n) is 3.28. The van der Waals surface area contributed by atoms with Crippen molar-refractivity contribution in [2.24, 2.45) is 17.6 Å². The molecule has 2 atom stereocenters. The Morgan fingerprint density at radius 1 is 1.35 bits per heavy atom. The summed E-state index contributed by atoms with van der Waals surface area (Å²) in [6, 6.07) is 8.18. The van der Waals surface area contributed by atoms with E-state index in [2.05, 4.69) is 19.1 Å². The molecule has 1 amide bonds. The highest BCUT2D eigenvalue weighted by molar-refractivity contribution is 5.95. The summed E-state index contributed by atoms with van der Waals surface area (Å²) < 4.78 is 0. The molecule has 0 heterocycles. The van der Waals surface area contributed by atoms with Gasteiger partial charge in [-0.05, 0) is 56.8 Å². The van der Waals surface area contributed by atoms with Gasteiger partial charge in [0.2, 0.25) is 5.91 Å². The standard InChI is InChI=1S/C17H26N2O/c1-3-19(15-9-6-7-13(2)11-15)17(20)16-10-5-4-8-14(16)12-18/h6-7,9,11,14,16H,3-5,8,10,12,18H2,1-2H3. The maximum absolute atomic E-state index is 12.9. The van der Waals surface area contributed by atoms with Crippen LogP contribution in [0, 0.1) is 18.8 Å². The van der Waals surface area contributed by atoms with E-state index < -0.39 is 0 Å². The molecule has 2 rings (SSSR count). The van der Waals surface area contributed by atoms with Gasteiger partial charge >= 0.3 is 0 Å². The largest absolute Gasteiger partial charge is 0.330 e. The number of hydrogen-bond acceptors (Lipinski definition) is 2. The smallest absolute Gasteiger partial charge is 0.230 e. The third-order valence-corrected chi connectivity index (χ3v) is 4.42. The van der Waals surface area contributed by atoms with Crippen LogP contribution in [0.5, 0.6) is 0 Å². The molecule has 1 aliphatic rings. The monoisotopic (exact) mass is 274 g/mol. The van der Waals surface area contributed by atoms with Gasteiger partial charge in [-0.25, -0.2) is 0 Å². The number of benzene rings is 1. The quantitative estimate of drug-likeness (QED) is 0.917. The van der Waals surface area contributed by atoms with Crippen molar-refractivity contribution in [3.63, 3.8) is 0 Å². The zero-order valence-electron chi connectivity index (χ0n) is 12.6. The van der Waals surface area contributed by atoms with Crippen LogP contribution in [0.2, 0.25) is 0 Å². The minimum absolute atomic E-state index is 0.106. The SMILES string of the molecule is CCN(C(=O)C1CCCCC1CN)c1cccc(C)c1. The second-order valence-corrected chi connectivity index (χ2v) is 5.81. The Balaban J connectivity index is 2.20. The van der Waals surface area contributed by atoms with Crippen molar-refractivity contribution in [1.82, 2.24) is 0 Å². The fourth-order valence-corrected chi connectivity index (χ4v) is 3.28. The lowest BCUT2D eigenvalue weighted by Gasteiger charge is -2.34. The third kappa shape index (κ3) is 3.21. The second-order valence-electron chi connectivity index (χ2n) is 5.81. The van der Waals surface area contributed by atoms with E-state index in [1.807, 2.05) is 24.0 Å². The molecule has 0 spiro atoms.